The Hall–Kier alpha value is -2.82. The Labute approximate surface area is 195 Å². The number of nitrogens with zero attached hydrogens (tertiary/aromatic N) is 1. The predicted molar refractivity (Wildman–Crippen MR) is 133 cm³/mol. The Morgan fingerprint density at radius 1 is 1.22 bits per heavy atom. The third-order valence-electron chi connectivity index (χ3n) is 5.06. The molecule has 0 amide bonds. The van der Waals surface area contributed by atoms with Gasteiger partial charge in [0.2, 0.25) is 9.84 Å². The van der Waals surface area contributed by atoms with E-state index in [1.54, 1.807) is 12.1 Å². The van der Waals surface area contributed by atoms with Crippen molar-refractivity contribution in [3.8, 4) is 11.1 Å². The molecule has 2 heterocycles. The van der Waals surface area contributed by atoms with Crippen molar-refractivity contribution in [3.05, 3.63) is 59.0 Å². The van der Waals surface area contributed by atoms with Crippen molar-refractivity contribution in [2.45, 2.75) is 20.9 Å². The highest BCUT2D eigenvalue weighted by molar-refractivity contribution is 8.01. The molecule has 7 nitrogen and oxygen atoms in total. The number of amidine groups is 1. The van der Waals surface area contributed by atoms with Crippen LogP contribution in [0.5, 0.6) is 0 Å². The first-order chi connectivity index (χ1) is 15.3. The average molecular weight is 486 g/mol. The van der Waals surface area contributed by atoms with Gasteiger partial charge in [0.15, 0.2) is 5.96 Å². The lowest BCUT2D eigenvalue weighted by atomic mass is 10.0. The number of aliphatic imine (C=N–C) groups is 1. The quantitative estimate of drug-likeness (QED) is 0.238. The molecule has 5 N–H and O–H groups in total. The van der Waals surface area contributed by atoms with E-state index in [0.29, 0.717) is 33.8 Å². The van der Waals surface area contributed by atoms with Gasteiger partial charge >= 0.3 is 0 Å². The van der Waals surface area contributed by atoms with E-state index in [1.165, 1.54) is 29.2 Å². The lowest BCUT2D eigenvalue weighted by molar-refractivity contribution is 0.595. The fraction of sp³-hybridized carbons (Fsp3) is 0.182. The van der Waals surface area contributed by atoms with Gasteiger partial charge in [0.25, 0.3) is 0 Å². The van der Waals surface area contributed by atoms with Gasteiger partial charge in [0, 0.05) is 6.54 Å². The van der Waals surface area contributed by atoms with Gasteiger partial charge in [-0.1, -0.05) is 30.3 Å². The summed E-state index contributed by atoms with van der Waals surface area (Å²) in [6.45, 7) is 3.33. The van der Waals surface area contributed by atoms with Crippen LogP contribution in [-0.2, 0) is 9.84 Å². The number of aryl methyl sites for hydroxylation is 1. The summed E-state index contributed by atoms with van der Waals surface area (Å²) in [6.07, 6.45) is 1.81. The lowest BCUT2D eigenvalue weighted by Crippen LogP contribution is -2.27. The summed E-state index contributed by atoms with van der Waals surface area (Å²) < 4.78 is 28.4. The number of benzene rings is 2. The topological polar surface area (TPSA) is 120 Å². The SMILES string of the molecule is CSc1sc(C(=N)N)cc1S(=O)(=O)c1cc(-c2ccccc2C)ccc1NC1=NCCN1. The number of nitrogens with one attached hydrogen (secondary N) is 3. The third-order valence-corrected chi connectivity index (χ3v) is 9.44. The Morgan fingerprint density at radius 2 is 2.00 bits per heavy atom. The maximum Gasteiger partial charge on any atom is 0.210 e. The summed E-state index contributed by atoms with van der Waals surface area (Å²) in [7, 11) is -3.92. The Kier molecular flexibility index (Phi) is 6.27. The molecule has 0 aliphatic carbocycles. The van der Waals surface area contributed by atoms with Crippen molar-refractivity contribution < 1.29 is 8.42 Å². The highest BCUT2D eigenvalue weighted by atomic mass is 32.2. The Bertz CT molecular complexity index is 1330. The molecule has 0 spiro atoms. The normalized spacial score (nSPS) is 13.5. The smallest absolute Gasteiger partial charge is 0.210 e. The van der Waals surface area contributed by atoms with Crippen molar-refractivity contribution >= 4 is 50.4 Å². The fourth-order valence-corrected chi connectivity index (χ4v) is 7.50. The van der Waals surface area contributed by atoms with Gasteiger partial charge < -0.3 is 16.4 Å². The second kappa shape index (κ2) is 8.97. The van der Waals surface area contributed by atoms with E-state index < -0.39 is 9.84 Å². The van der Waals surface area contributed by atoms with Gasteiger partial charge in [0.05, 0.1) is 31.1 Å². The lowest BCUT2D eigenvalue weighted by Gasteiger charge is -2.15. The van der Waals surface area contributed by atoms with Crippen LogP contribution < -0.4 is 16.4 Å². The van der Waals surface area contributed by atoms with Crippen LogP contribution in [0.3, 0.4) is 0 Å². The van der Waals surface area contributed by atoms with Crippen LogP contribution in [0.1, 0.15) is 10.4 Å². The van der Waals surface area contributed by atoms with Gasteiger partial charge in [-0.3, -0.25) is 10.4 Å². The summed E-state index contributed by atoms with van der Waals surface area (Å²) >= 11 is 2.54. The summed E-state index contributed by atoms with van der Waals surface area (Å²) in [5.74, 6) is 0.396. The van der Waals surface area contributed by atoms with Crippen molar-refractivity contribution in [2.75, 3.05) is 24.7 Å². The third kappa shape index (κ3) is 4.25. The number of hydrogen-bond donors (Lipinski definition) is 4. The van der Waals surface area contributed by atoms with E-state index in [2.05, 4.69) is 15.6 Å². The van der Waals surface area contributed by atoms with Gasteiger partial charge in [-0.25, -0.2) is 8.42 Å². The molecular formula is C22H23N5O2S3. The summed E-state index contributed by atoms with van der Waals surface area (Å²) in [4.78, 5) is 5.08. The van der Waals surface area contributed by atoms with E-state index in [-0.39, 0.29) is 15.6 Å². The number of thioether (sulfide) groups is 1. The van der Waals surface area contributed by atoms with E-state index in [0.717, 1.165) is 16.7 Å². The molecule has 1 aliphatic rings. The standard InChI is InChI=1S/C22H23N5O2S3/c1-13-5-3-4-6-15(13)14-7-8-16(27-22-25-9-10-26-22)18(11-14)32(28,29)19-12-17(20(23)24)31-21(19)30-2/h3-8,11-12H,9-10H2,1-2H3,(H3,23,24)(H2,25,26,27). The fourth-order valence-electron chi connectivity index (χ4n) is 3.46. The van der Waals surface area contributed by atoms with E-state index in [9.17, 15) is 8.42 Å². The number of nitrogen functional groups attached to an aromatic ring is 1. The number of nitrogens with two attached hydrogens (primary N) is 1. The molecule has 166 valence electrons. The molecular weight excluding hydrogens is 462 g/mol. The summed E-state index contributed by atoms with van der Waals surface area (Å²) in [6, 6.07) is 14.7. The number of anilines is 1. The maximum absolute atomic E-state index is 13.9. The first kappa shape index (κ1) is 22.4. The first-order valence-corrected chi connectivity index (χ1v) is 13.4. The van der Waals surface area contributed by atoms with Crippen LogP contribution in [-0.4, -0.2) is 39.6 Å². The second-order valence-corrected chi connectivity index (χ2v) is 11.2. The van der Waals surface area contributed by atoms with Gasteiger partial charge in [-0.15, -0.1) is 23.1 Å². The van der Waals surface area contributed by atoms with Crippen molar-refractivity contribution in [1.29, 1.82) is 5.41 Å². The number of rotatable bonds is 6. The van der Waals surface area contributed by atoms with Crippen molar-refractivity contribution in [2.24, 2.45) is 10.7 Å². The number of hydrogen-bond acceptors (Lipinski definition) is 8. The molecule has 32 heavy (non-hydrogen) atoms. The van der Waals surface area contributed by atoms with E-state index >= 15 is 0 Å². The zero-order valence-electron chi connectivity index (χ0n) is 17.6. The minimum atomic E-state index is -3.92. The number of guanidine groups is 1. The molecule has 0 saturated heterocycles. The van der Waals surface area contributed by atoms with Gasteiger partial charge in [-0.2, -0.15) is 0 Å². The highest BCUT2D eigenvalue weighted by Crippen LogP contribution is 2.40. The Balaban J connectivity index is 1.90. The maximum atomic E-state index is 13.9. The van der Waals surface area contributed by atoms with Crippen LogP contribution >= 0.6 is 23.1 Å². The van der Waals surface area contributed by atoms with E-state index in [1.807, 2.05) is 43.5 Å². The van der Waals surface area contributed by atoms with Crippen LogP contribution in [0.2, 0.25) is 0 Å². The first-order valence-electron chi connectivity index (χ1n) is 9.84. The van der Waals surface area contributed by atoms with Crippen LogP contribution in [0.15, 0.2) is 67.5 Å². The molecule has 10 heteroatoms. The van der Waals surface area contributed by atoms with Crippen molar-refractivity contribution in [3.63, 3.8) is 0 Å². The van der Waals surface area contributed by atoms with Crippen molar-refractivity contribution in [1.82, 2.24) is 5.32 Å². The highest BCUT2D eigenvalue weighted by Gasteiger charge is 2.28. The molecule has 3 aromatic rings. The van der Waals surface area contributed by atoms with E-state index in [4.69, 9.17) is 11.1 Å². The second-order valence-electron chi connectivity index (χ2n) is 7.19. The number of sulfone groups is 1. The molecule has 2 aromatic carbocycles. The molecule has 0 radical (unpaired) electrons. The molecule has 1 aliphatic heterocycles. The predicted octanol–water partition coefficient (Wildman–Crippen LogP) is 3.93. The van der Waals surface area contributed by atoms with Gasteiger partial charge in [-0.05, 0) is 48.1 Å². The summed E-state index contributed by atoms with van der Waals surface area (Å²) in [5.41, 5.74) is 8.91. The Morgan fingerprint density at radius 3 is 2.66 bits per heavy atom. The monoisotopic (exact) mass is 485 g/mol. The average Bonchev–Trinajstić information content (AvgIpc) is 3.44. The molecule has 0 fully saturated rings. The molecule has 4 rings (SSSR count). The largest absolute Gasteiger partial charge is 0.383 e. The van der Waals surface area contributed by atoms with Crippen LogP contribution in [0.25, 0.3) is 11.1 Å². The molecule has 0 atom stereocenters. The minimum Gasteiger partial charge on any atom is -0.383 e. The molecule has 1 aromatic heterocycles. The molecule has 0 bridgehead atoms. The molecule has 0 unspecified atom stereocenters. The zero-order chi connectivity index (χ0) is 22.9. The van der Waals surface area contributed by atoms with Crippen LogP contribution in [0.4, 0.5) is 5.69 Å². The minimum absolute atomic E-state index is 0.150. The summed E-state index contributed by atoms with van der Waals surface area (Å²) in [5, 5.41) is 14.0. The van der Waals surface area contributed by atoms with Crippen LogP contribution in [0, 0.1) is 12.3 Å². The zero-order valence-corrected chi connectivity index (χ0v) is 20.0. The van der Waals surface area contributed by atoms with Gasteiger partial charge in [0.1, 0.15) is 5.84 Å². The number of thiophene rings is 1. The molecule has 0 saturated carbocycles.